The summed E-state index contributed by atoms with van der Waals surface area (Å²) in [4.78, 5) is 30.1. The van der Waals surface area contributed by atoms with E-state index in [-0.39, 0.29) is 11.8 Å². The van der Waals surface area contributed by atoms with Crippen molar-refractivity contribution in [1.29, 1.82) is 0 Å². The highest BCUT2D eigenvalue weighted by molar-refractivity contribution is 6.22. The first kappa shape index (κ1) is 11.4. The van der Waals surface area contributed by atoms with Crippen molar-refractivity contribution < 1.29 is 9.59 Å². The van der Waals surface area contributed by atoms with Crippen molar-refractivity contribution in [3.8, 4) is 0 Å². The molecule has 0 bridgehead atoms. The summed E-state index contributed by atoms with van der Waals surface area (Å²) >= 11 is 0. The van der Waals surface area contributed by atoms with E-state index in [1.165, 1.54) is 11.3 Å². The zero-order valence-electron chi connectivity index (χ0n) is 10.3. The fourth-order valence-corrected chi connectivity index (χ4v) is 3.13. The summed E-state index contributed by atoms with van der Waals surface area (Å²) in [6.07, 6.45) is 6.95. The Morgan fingerprint density at radius 1 is 1.11 bits per heavy atom. The van der Waals surface area contributed by atoms with E-state index in [2.05, 4.69) is 4.98 Å². The van der Waals surface area contributed by atoms with Crippen molar-refractivity contribution in [3.05, 3.63) is 24.4 Å². The highest BCUT2D eigenvalue weighted by Gasteiger charge is 2.52. The molecule has 1 saturated carbocycles. The van der Waals surface area contributed by atoms with Crippen LogP contribution in [0.25, 0.3) is 0 Å². The summed E-state index contributed by atoms with van der Waals surface area (Å²) in [5.74, 6) is 0.335. The van der Waals surface area contributed by atoms with Crippen LogP contribution in [0.15, 0.2) is 24.4 Å². The van der Waals surface area contributed by atoms with E-state index >= 15 is 0 Å². The number of carbonyl (C=O) groups is 2. The maximum atomic E-state index is 12.6. The summed E-state index contributed by atoms with van der Waals surface area (Å²) in [6.45, 7) is 0. The minimum atomic E-state index is -0.424. The fraction of sp³-hybridized carbons (Fsp3) is 0.500. The molecule has 4 nitrogen and oxygen atoms in total. The number of hydrogen-bond acceptors (Lipinski definition) is 3. The molecule has 1 saturated heterocycles. The monoisotopic (exact) mass is 244 g/mol. The number of carbonyl (C=O) groups excluding carboxylic acids is 2. The van der Waals surface area contributed by atoms with Crippen LogP contribution in [0.4, 0.5) is 5.82 Å². The third-order valence-electron chi connectivity index (χ3n) is 4.08. The summed E-state index contributed by atoms with van der Waals surface area (Å²) in [5, 5.41) is 0. The average molecular weight is 244 g/mol. The Kier molecular flexibility index (Phi) is 2.65. The first-order valence-electron chi connectivity index (χ1n) is 6.51. The predicted molar refractivity (Wildman–Crippen MR) is 66.9 cm³/mol. The second kappa shape index (κ2) is 4.19. The van der Waals surface area contributed by atoms with Crippen LogP contribution < -0.4 is 4.90 Å². The largest absolute Gasteiger partial charge is 0.274 e. The van der Waals surface area contributed by atoms with Crippen LogP contribution in [-0.2, 0) is 9.59 Å². The van der Waals surface area contributed by atoms with Crippen molar-refractivity contribution in [3.63, 3.8) is 0 Å². The molecule has 2 heterocycles. The number of imide groups is 1. The molecule has 1 aromatic heterocycles. The fourth-order valence-electron chi connectivity index (χ4n) is 3.13. The lowest BCUT2D eigenvalue weighted by Crippen LogP contribution is -2.37. The molecule has 0 aromatic carbocycles. The van der Waals surface area contributed by atoms with E-state index in [9.17, 15) is 9.59 Å². The third kappa shape index (κ3) is 1.64. The topological polar surface area (TPSA) is 50.3 Å². The molecule has 0 radical (unpaired) electrons. The van der Waals surface area contributed by atoms with Gasteiger partial charge in [0.05, 0.1) is 5.41 Å². The summed E-state index contributed by atoms with van der Waals surface area (Å²) < 4.78 is 0. The second-order valence-electron chi connectivity index (χ2n) is 5.24. The van der Waals surface area contributed by atoms with Crippen LogP contribution in [0, 0.1) is 5.41 Å². The van der Waals surface area contributed by atoms with E-state index in [4.69, 9.17) is 0 Å². The molecule has 1 aliphatic heterocycles. The van der Waals surface area contributed by atoms with E-state index in [0.29, 0.717) is 12.2 Å². The van der Waals surface area contributed by atoms with Crippen LogP contribution in [-0.4, -0.2) is 16.8 Å². The van der Waals surface area contributed by atoms with Gasteiger partial charge in [0, 0.05) is 12.6 Å². The molecule has 4 heteroatoms. The molecule has 1 spiro atoms. The van der Waals surface area contributed by atoms with Gasteiger partial charge >= 0.3 is 0 Å². The van der Waals surface area contributed by atoms with Gasteiger partial charge in [0.2, 0.25) is 11.8 Å². The molecule has 2 fully saturated rings. The molecule has 0 N–H and O–H groups in total. The Bertz CT molecular complexity index is 478. The third-order valence-corrected chi connectivity index (χ3v) is 4.08. The molecule has 1 aliphatic carbocycles. The van der Waals surface area contributed by atoms with Crippen molar-refractivity contribution in [2.75, 3.05) is 4.90 Å². The summed E-state index contributed by atoms with van der Waals surface area (Å²) in [7, 11) is 0. The predicted octanol–water partition coefficient (Wildman–Crippen LogP) is 2.30. The first-order valence-corrected chi connectivity index (χ1v) is 6.51. The van der Waals surface area contributed by atoms with Gasteiger partial charge in [-0.3, -0.25) is 9.59 Å². The quantitative estimate of drug-likeness (QED) is 0.712. The molecular weight excluding hydrogens is 228 g/mol. The maximum Gasteiger partial charge on any atom is 0.241 e. The highest BCUT2D eigenvalue weighted by Crippen LogP contribution is 2.46. The summed E-state index contributed by atoms with van der Waals surface area (Å²) in [6, 6.07) is 5.30. The number of amides is 2. The minimum Gasteiger partial charge on any atom is -0.274 e. The Hall–Kier alpha value is -1.71. The second-order valence-corrected chi connectivity index (χ2v) is 5.24. The van der Waals surface area contributed by atoms with Crippen LogP contribution in [0.5, 0.6) is 0 Å². The standard InChI is InChI=1S/C14H16N2O2/c17-12-10-14(7-3-1-4-8-14)13(18)16(12)11-6-2-5-9-15-11/h2,5-6,9H,1,3-4,7-8,10H2. The number of nitrogens with zero attached hydrogens (tertiary/aromatic N) is 2. The van der Waals surface area contributed by atoms with Gasteiger partial charge in [0.15, 0.2) is 0 Å². The molecule has 2 aliphatic rings. The van der Waals surface area contributed by atoms with Gasteiger partial charge in [-0.25, -0.2) is 9.88 Å². The number of hydrogen-bond donors (Lipinski definition) is 0. The van der Waals surface area contributed by atoms with Crippen molar-refractivity contribution in [1.82, 2.24) is 4.98 Å². The average Bonchev–Trinajstić information content (AvgIpc) is 2.63. The lowest BCUT2D eigenvalue weighted by Gasteiger charge is -2.30. The van der Waals surface area contributed by atoms with E-state index in [1.807, 2.05) is 0 Å². The van der Waals surface area contributed by atoms with Gasteiger partial charge in [-0.05, 0) is 25.0 Å². The van der Waals surface area contributed by atoms with Gasteiger partial charge < -0.3 is 0 Å². The van der Waals surface area contributed by atoms with Crippen LogP contribution >= 0.6 is 0 Å². The molecule has 0 unspecified atom stereocenters. The Balaban J connectivity index is 1.94. The molecule has 94 valence electrons. The molecule has 0 atom stereocenters. The van der Waals surface area contributed by atoms with E-state index in [0.717, 1.165) is 25.7 Å². The van der Waals surface area contributed by atoms with E-state index in [1.54, 1.807) is 24.4 Å². The molecule has 3 rings (SSSR count). The number of anilines is 1. The lowest BCUT2D eigenvalue weighted by atomic mass is 9.73. The number of aromatic nitrogens is 1. The molecular formula is C14H16N2O2. The van der Waals surface area contributed by atoms with Crippen molar-refractivity contribution in [2.24, 2.45) is 5.41 Å². The smallest absolute Gasteiger partial charge is 0.241 e. The van der Waals surface area contributed by atoms with Gasteiger partial charge in [-0.15, -0.1) is 0 Å². The Morgan fingerprint density at radius 2 is 1.89 bits per heavy atom. The van der Waals surface area contributed by atoms with Crippen molar-refractivity contribution in [2.45, 2.75) is 38.5 Å². The van der Waals surface area contributed by atoms with Crippen LogP contribution in [0.3, 0.4) is 0 Å². The number of rotatable bonds is 1. The zero-order chi connectivity index (χ0) is 12.6. The van der Waals surface area contributed by atoms with Crippen LogP contribution in [0.2, 0.25) is 0 Å². The zero-order valence-corrected chi connectivity index (χ0v) is 10.3. The molecule has 18 heavy (non-hydrogen) atoms. The van der Waals surface area contributed by atoms with E-state index < -0.39 is 5.41 Å². The molecule has 2 amide bonds. The Morgan fingerprint density at radius 3 is 2.56 bits per heavy atom. The molecule has 1 aromatic rings. The summed E-state index contributed by atoms with van der Waals surface area (Å²) in [5.41, 5.74) is -0.424. The highest BCUT2D eigenvalue weighted by atomic mass is 16.2. The van der Waals surface area contributed by atoms with Gasteiger partial charge in [-0.2, -0.15) is 0 Å². The van der Waals surface area contributed by atoms with Gasteiger partial charge in [0.1, 0.15) is 5.82 Å². The lowest BCUT2D eigenvalue weighted by molar-refractivity contribution is -0.127. The Labute approximate surface area is 106 Å². The normalized spacial score (nSPS) is 22.8. The van der Waals surface area contributed by atoms with Gasteiger partial charge in [-0.1, -0.05) is 25.3 Å². The number of pyridine rings is 1. The maximum absolute atomic E-state index is 12.6. The first-order chi connectivity index (χ1) is 8.73. The van der Waals surface area contributed by atoms with Crippen molar-refractivity contribution >= 4 is 17.6 Å². The van der Waals surface area contributed by atoms with Crippen LogP contribution in [0.1, 0.15) is 38.5 Å². The minimum absolute atomic E-state index is 0.0362. The SMILES string of the molecule is O=C1CC2(CCCCC2)C(=O)N1c1ccccn1. The van der Waals surface area contributed by atoms with Gasteiger partial charge in [0.25, 0.3) is 0 Å².